The van der Waals surface area contributed by atoms with Gasteiger partial charge in [0.25, 0.3) is 11.8 Å². The number of carbonyl (C=O) groups is 4. The maximum Gasteiger partial charge on any atom is 0.326 e. The van der Waals surface area contributed by atoms with Crippen molar-refractivity contribution < 1.29 is 29.0 Å². The van der Waals surface area contributed by atoms with E-state index in [0.29, 0.717) is 37.5 Å². The minimum atomic E-state index is -1.19. The second-order valence-corrected chi connectivity index (χ2v) is 8.14. The molecule has 3 amide bonds. The van der Waals surface area contributed by atoms with Gasteiger partial charge in [-0.15, -0.1) is 0 Å². The lowest BCUT2D eigenvalue weighted by atomic mass is 10.1. The molecule has 9 heteroatoms. The Kier molecular flexibility index (Phi) is 8.61. The standard InChI is InChI=1S/C25H29N3O6/c1-18-6-5-9-20(16-18)34-17-23(30)28-14-12-27(13-15-28)22(29)11-10-21(25(32)33)26-24(31)19-7-3-2-4-8-19/h2-9,16,21H,10-15,17H2,1H3,(H,26,31)(H,32,33)/t21-/m0/s1. The van der Waals surface area contributed by atoms with Crippen molar-refractivity contribution in [3.63, 3.8) is 0 Å². The van der Waals surface area contributed by atoms with Crippen molar-refractivity contribution in [3.8, 4) is 5.75 Å². The van der Waals surface area contributed by atoms with Gasteiger partial charge in [-0.05, 0) is 43.2 Å². The van der Waals surface area contributed by atoms with E-state index >= 15 is 0 Å². The summed E-state index contributed by atoms with van der Waals surface area (Å²) in [6.45, 7) is 3.37. The second kappa shape index (κ2) is 11.8. The number of nitrogens with zero attached hydrogens (tertiary/aromatic N) is 2. The molecule has 1 atom stereocenters. The molecule has 2 aromatic carbocycles. The molecule has 0 saturated carbocycles. The molecular formula is C25H29N3O6. The Bertz CT molecular complexity index is 1020. The van der Waals surface area contributed by atoms with Gasteiger partial charge in [-0.25, -0.2) is 4.79 Å². The van der Waals surface area contributed by atoms with Crippen molar-refractivity contribution in [2.75, 3.05) is 32.8 Å². The Labute approximate surface area is 198 Å². The molecule has 1 saturated heterocycles. The molecule has 0 aromatic heterocycles. The highest BCUT2D eigenvalue weighted by Crippen LogP contribution is 2.13. The molecule has 0 bridgehead atoms. The summed E-state index contributed by atoms with van der Waals surface area (Å²) >= 11 is 0. The Balaban J connectivity index is 1.42. The summed E-state index contributed by atoms with van der Waals surface area (Å²) < 4.78 is 5.57. The van der Waals surface area contributed by atoms with Crippen LogP contribution >= 0.6 is 0 Å². The number of carboxylic acids is 1. The van der Waals surface area contributed by atoms with Gasteiger partial charge in [-0.2, -0.15) is 0 Å². The average molecular weight is 468 g/mol. The van der Waals surface area contributed by atoms with E-state index in [2.05, 4.69) is 5.32 Å². The van der Waals surface area contributed by atoms with Gasteiger partial charge in [0.2, 0.25) is 5.91 Å². The Morgan fingerprint density at radius 2 is 1.59 bits per heavy atom. The van der Waals surface area contributed by atoms with Crippen molar-refractivity contribution in [1.82, 2.24) is 15.1 Å². The zero-order chi connectivity index (χ0) is 24.5. The molecule has 1 fully saturated rings. The zero-order valence-electron chi connectivity index (χ0n) is 19.1. The molecule has 3 rings (SSSR count). The van der Waals surface area contributed by atoms with Crippen molar-refractivity contribution in [2.45, 2.75) is 25.8 Å². The van der Waals surface area contributed by atoms with Crippen LogP contribution in [0.25, 0.3) is 0 Å². The third-order valence-corrected chi connectivity index (χ3v) is 5.62. The van der Waals surface area contributed by atoms with Gasteiger partial charge in [-0.3, -0.25) is 14.4 Å². The number of hydrogen-bond acceptors (Lipinski definition) is 5. The average Bonchev–Trinajstić information content (AvgIpc) is 2.85. The van der Waals surface area contributed by atoms with Gasteiger partial charge in [0.05, 0.1) is 0 Å². The summed E-state index contributed by atoms with van der Waals surface area (Å²) in [6, 6.07) is 14.6. The highest BCUT2D eigenvalue weighted by molar-refractivity contribution is 5.96. The quantitative estimate of drug-likeness (QED) is 0.580. The van der Waals surface area contributed by atoms with Crippen LogP contribution < -0.4 is 10.1 Å². The predicted molar refractivity (Wildman–Crippen MR) is 124 cm³/mol. The second-order valence-electron chi connectivity index (χ2n) is 8.14. The lowest BCUT2D eigenvalue weighted by Gasteiger charge is -2.35. The minimum absolute atomic E-state index is 0.0174. The number of aliphatic carboxylic acids is 1. The fourth-order valence-corrected chi connectivity index (χ4v) is 3.66. The molecule has 1 aliphatic heterocycles. The van der Waals surface area contributed by atoms with Crippen molar-refractivity contribution >= 4 is 23.7 Å². The van der Waals surface area contributed by atoms with Crippen molar-refractivity contribution in [1.29, 1.82) is 0 Å². The fraction of sp³-hybridized carbons (Fsp3) is 0.360. The number of hydrogen-bond donors (Lipinski definition) is 2. The number of nitrogens with one attached hydrogen (secondary N) is 1. The van der Waals surface area contributed by atoms with Crippen LogP contribution in [0.1, 0.15) is 28.8 Å². The van der Waals surface area contributed by atoms with Gasteiger partial charge in [0.15, 0.2) is 6.61 Å². The first-order valence-corrected chi connectivity index (χ1v) is 11.2. The number of carboxylic acid groups (broad SMARTS) is 1. The number of rotatable bonds is 9. The largest absolute Gasteiger partial charge is 0.484 e. The van der Waals surface area contributed by atoms with E-state index in [1.807, 2.05) is 25.1 Å². The molecule has 0 unspecified atom stereocenters. The van der Waals surface area contributed by atoms with Gasteiger partial charge in [0, 0.05) is 38.2 Å². The van der Waals surface area contributed by atoms with E-state index in [-0.39, 0.29) is 31.3 Å². The van der Waals surface area contributed by atoms with E-state index in [0.717, 1.165) is 5.56 Å². The Hall–Kier alpha value is -3.88. The molecule has 2 N–H and O–H groups in total. The van der Waals surface area contributed by atoms with Crippen LogP contribution in [0.2, 0.25) is 0 Å². The predicted octanol–water partition coefficient (Wildman–Crippen LogP) is 1.71. The minimum Gasteiger partial charge on any atom is -0.484 e. The summed E-state index contributed by atoms with van der Waals surface area (Å²) in [6.07, 6.45) is -0.0350. The maximum atomic E-state index is 12.6. The SMILES string of the molecule is Cc1cccc(OCC(=O)N2CCN(C(=O)CC[C@H](NC(=O)c3ccccc3)C(=O)O)CC2)c1. The smallest absolute Gasteiger partial charge is 0.326 e. The van der Waals surface area contributed by atoms with Gasteiger partial charge >= 0.3 is 5.97 Å². The maximum absolute atomic E-state index is 12.6. The van der Waals surface area contributed by atoms with Gasteiger partial charge in [-0.1, -0.05) is 30.3 Å². The topological polar surface area (TPSA) is 116 Å². The van der Waals surface area contributed by atoms with Crippen LogP contribution in [-0.4, -0.2) is 77.4 Å². The molecule has 2 aromatic rings. The fourth-order valence-electron chi connectivity index (χ4n) is 3.66. The molecule has 9 nitrogen and oxygen atoms in total. The van der Waals surface area contributed by atoms with Gasteiger partial charge in [0.1, 0.15) is 11.8 Å². The third kappa shape index (κ3) is 7.06. The van der Waals surface area contributed by atoms with E-state index < -0.39 is 17.9 Å². The van der Waals surface area contributed by atoms with Crippen LogP contribution in [0.3, 0.4) is 0 Å². The lowest BCUT2D eigenvalue weighted by molar-refractivity contribution is -0.142. The molecule has 1 aliphatic rings. The number of ether oxygens (including phenoxy) is 1. The molecule has 0 aliphatic carbocycles. The summed E-state index contributed by atoms with van der Waals surface area (Å²) in [5, 5.41) is 11.9. The van der Waals surface area contributed by atoms with E-state index in [9.17, 15) is 24.3 Å². The van der Waals surface area contributed by atoms with Crippen LogP contribution in [0.5, 0.6) is 5.75 Å². The molecule has 0 spiro atoms. The summed E-state index contributed by atoms with van der Waals surface area (Å²) in [5.74, 6) is -1.41. The first-order chi connectivity index (χ1) is 16.3. The Morgan fingerprint density at radius 3 is 2.21 bits per heavy atom. The molecule has 0 radical (unpaired) electrons. The molecule has 180 valence electrons. The van der Waals surface area contributed by atoms with Crippen LogP contribution in [0.4, 0.5) is 0 Å². The molecule has 1 heterocycles. The summed E-state index contributed by atoms with van der Waals surface area (Å²) in [5.41, 5.74) is 1.40. The van der Waals surface area contributed by atoms with Crippen LogP contribution in [0.15, 0.2) is 54.6 Å². The first kappa shape index (κ1) is 24.8. The van der Waals surface area contributed by atoms with Crippen molar-refractivity contribution in [2.24, 2.45) is 0 Å². The highest BCUT2D eigenvalue weighted by Gasteiger charge is 2.27. The highest BCUT2D eigenvalue weighted by atomic mass is 16.5. The monoisotopic (exact) mass is 467 g/mol. The van der Waals surface area contributed by atoms with Crippen molar-refractivity contribution in [3.05, 3.63) is 65.7 Å². The number of amides is 3. The van der Waals surface area contributed by atoms with Crippen LogP contribution in [0, 0.1) is 6.92 Å². The third-order valence-electron chi connectivity index (χ3n) is 5.62. The molecular weight excluding hydrogens is 438 g/mol. The lowest BCUT2D eigenvalue weighted by Crippen LogP contribution is -2.52. The van der Waals surface area contributed by atoms with E-state index in [1.165, 1.54) is 0 Å². The molecule has 34 heavy (non-hydrogen) atoms. The summed E-state index contributed by atoms with van der Waals surface area (Å²) in [4.78, 5) is 52.1. The summed E-state index contributed by atoms with van der Waals surface area (Å²) in [7, 11) is 0. The van der Waals surface area contributed by atoms with E-state index in [1.54, 1.807) is 46.2 Å². The number of benzene rings is 2. The number of piperazine rings is 1. The normalized spacial score (nSPS) is 14.3. The number of carbonyl (C=O) groups excluding carboxylic acids is 3. The van der Waals surface area contributed by atoms with E-state index in [4.69, 9.17) is 4.74 Å². The zero-order valence-corrected chi connectivity index (χ0v) is 19.1. The first-order valence-electron chi connectivity index (χ1n) is 11.2. The van der Waals surface area contributed by atoms with Gasteiger partial charge < -0.3 is 25.0 Å². The number of aryl methyl sites for hydroxylation is 1. The Morgan fingerprint density at radius 1 is 0.941 bits per heavy atom. The van der Waals surface area contributed by atoms with Crippen LogP contribution in [-0.2, 0) is 14.4 Å².